The molecule has 0 aliphatic heterocycles. The summed E-state index contributed by atoms with van der Waals surface area (Å²) < 4.78 is 1.79. The third-order valence-electron chi connectivity index (χ3n) is 6.34. The van der Waals surface area contributed by atoms with Crippen molar-refractivity contribution < 1.29 is 4.79 Å². The summed E-state index contributed by atoms with van der Waals surface area (Å²) in [6.07, 6.45) is 0. The molecular formula is C31H21N5O3. The smallest absolute Gasteiger partial charge is 0.270 e. The second-order valence-corrected chi connectivity index (χ2v) is 8.85. The normalized spacial score (nSPS) is 11.0. The molecule has 0 fully saturated rings. The summed E-state index contributed by atoms with van der Waals surface area (Å²) >= 11 is 0. The number of rotatable bonds is 5. The molecule has 188 valence electrons. The van der Waals surface area contributed by atoms with Crippen LogP contribution in [0.1, 0.15) is 4.79 Å². The van der Waals surface area contributed by atoms with Crippen LogP contribution in [0.2, 0.25) is 0 Å². The van der Waals surface area contributed by atoms with Crippen molar-refractivity contribution >= 4 is 16.7 Å². The molecule has 6 aromatic rings. The Morgan fingerprint density at radius 3 is 1.64 bits per heavy atom. The lowest BCUT2D eigenvalue weighted by Crippen LogP contribution is -2.37. The van der Waals surface area contributed by atoms with E-state index in [-0.39, 0.29) is 0 Å². The molecule has 0 radical (unpaired) electrons. The van der Waals surface area contributed by atoms with E-state index in [1.54, 1.807) is 18.2 Å². The monoisotopic (exact) mass is 511 g/mol. The predicted octanol–water partition coefficient (Wildman–Crippen LogP) is 4.69. The molecule has 8 nitrogen and oxygen atoms in total. The van der Waals surface area contributed by atoms with Crippen LogP contribution in [0.5, 0.6) is 0 Å². The molecule has 0 amide bonds. The van der Waals surface area contributed by atoms with Gasteiger partial charge in [0, 0.05) is 22.1 Å². The number of hydrogen-bond donors (Lipinski definition) is 0. The number of benzene rings is 4. The average Bonchev–Trinajstić information content (AvgIpc) is 2.99. The molecule has 0 aliphatic carbocycles. The van der Waals surface area contributed by atoms with Crippen LogP contribution in [0, 0.1) is 0 Å². The molecule has 8 heteroatoms. The summed E-state index contributed by atoms with van der Waals surface area (Å²) in [5.41, 5.74) is 2.27. The van der Waals surface area contributed by atoms with Crippen LogP contribution >= 0.6 is 0 Å². The van der Waals surface area contributed by atoms with Gasteiger partial charge in [0.25, 0.3) is 11.5 Å². The topological polar surface area (TPSA) is 99.7 Å². The number of carbonyl (C=O) groups excluding carboxylic acids is 1. The zero-order valence-electron chi connectivity index (χ0n) is 20.6. The number of carbonyl (C=O) groups is 1. The van der Waals surface area contributed by atoms with Crippen molar-refractivity contribution in [2.75, 3.05) is 0 Å². The van der Waals surface area contributed by atoms with Crippen LogP contribution in [-0.2, 0) is 6.54 Å². The van der Waals surface area contributed by atoms with Gasteiger partial charge in [0.1, 0.15) is 17.9 Å². The van der Waals surface area contributed by atoms with Crippen molar-refractivity contribution in [1.29, 1.82) is 0 Å². The summed E-state index contributed by atoms with van der Waals surface area (Å²) in [6.45, 7) is -0.514. The molecule has 2 heterocycles. The van der Waals surface area contributed by atoms with E-state index in [9.17, 15) is 14.4 Å². The van der Waals surface area contributed by atoms with Crippen molar-refractivity contribution in [1.82, 2.24) is 24.5 Å². The van der Waals surface area contributed by atoms with Crippen LogP contribution in [0.4, 0.5) is 0 Å². The fourth-order valence-electron chi connectivity index (χ4n) is 4.47. The molecule has 4 aromatic carbocycles. The highest BCUT2D eigenvalue weighted by Crippen LogP contribution is 2.27. The Bertz CT molecular complexity index is 1930. The average molecular weight is 512 g/mol. The standard InChI is InChI=1S/C31H21N5O3/c37-26(36-30(38)25-19-11-10-18-24(25)27(34-36)21-12-4-1-5-13-21)20-35-31(39)32-28(22-14-6-2-7-15-22)29(33-35)23-16-8-3-9-17-23/h1-19H,20H2. The lowest BCUT2D eigenvalue weighted by atomic mass is 10.0. The van der Waals surface area contributed by atoms with Crippen LogP contribution in [0.15, 0.2) is 125 Å². The number of fused-ring (bicyclic) bond motifs is 1. The SMILES string of the molecule is O=C(Cn1nc(-c2ccccc2)c(-c2ccccc2)nc1=O)n1nc(-c2ccccc2)c2ccccc2c1=O. The van der Waals surface area contributed by atoms with Crippen molar-refractivity contribution in [3.05, 3.63) is 136 Å². The number of hydrogen-bond acceptors (Lipinski definition) is 6. The van der Waals surface area contributed by atoms with Gasteiger partial charge in [0.05, 0.1) is 11.1 Å². The molecule has 0 saturated heterocycles. The van der Waals surface area contributed by atoms with Gasteiger partial charge in [-0.15, -0.1) is 0 Å². The summed E-state index contributed by atoms with van der Waals surface area (Å²) in [5.74, 6) is -0.703. The van der Waals surface area contributed by atoms with E-state index >= 15 is 0 Å². The molecule has 0 unspecified atom stereocenters. The highest BCUT2D eigenvalue weighted by atomic mass is 16.2. The van der Waals surface area contributed by atoms with E-state index in [1.807, 2.05) is 97.1 Å². The molecule has 2 aromatic heterocycles. The van der Waals surface area contributed by atoms with E-state index < -0.39 is 23.7 Å². The van der Waals surface area contributed by atoms with Crippen molar-refractivity contribution in [3.8, 4) is 33.8 Å². The van der Waals surface area contributed by atoms with Gasteiger partial charge in [-0.3, -0.25) is 9.59 Å². The third kappa shape index (κ3) is 4.55. The van der Waals surface area contributed by atoms with Crippen LogP contribution in [-0.4, -0.2) is 30.5 Å². The fraction of sp³-hybridized carbons (Fsp3) is 0.0323. The summed E-state index contributed by atoms with van der Waals surface area (Å²) in [7, 11) is 0. The molecule has 0 bridgehead atoms. The lowest BCUT2D eigenvalue weighted by molar-refractivity contribution is 0.0862. The van der Waals surface area contributed by atoms with Gasteiger partial charge < -0.3 is 0 Å². The van der Waals surface area contributed by atoms with E-state index in [4.69, 9.17) is 0 Å². The Balaban J connectivity index is 1.47. The third-order valence-corrected chi connectivity index (χ3v) is 6.34. The minimum absolute atomic E-state index is 0.350. The molecule has 0 saturated carbocycles. The van der Waals surface area contributed by atoms with Gasteiger partial charge in [-0.25, -0.2) is 9.48 Å². The minimum atomic E-state index is -0.709. The van der Waals surface area contributed by atoms with Gasteiger partial charge in [-0.1, -0.05) is 109 Å². The number of nitrogens with zero attached hydrogens (tertiary/aromatic N) is 5. The maximum absolute atomic E-state index is 13.5. The van der Waals surface area contributed by atoms with E-state index in [2.05, 4.69) is 15.2 Å². The Hall–Kier alpha value is -5.50. The highest BCUT2D eigenvalue weighted by molar-refractivity contribution is 5.95. The van der Waals surface area contributed by atoms with Gasteiger partial charge in [0.15, 0.2) is 0 Å². The van der Waals surface area contributed by atoms with Crippen LogP contribution < -0.4 is 11.2 Å². The zero-order chi connectivity index (χ0) is 26.8. The van der Waals surface area contributed by atoms with Gasteiger partial charge in [0.2, 0.25) is 0 Å². The first-order valence-electron chi connectivity index (χ1n) is 12.3. The molecule has 0 N–H and O–H groups in total. The molecular weight excluding hydrogens is 490 g/mol. The maximum Gasteiger partial charge on any atom is 0.365 e. The van der Waals surface area contributed by atoms with Crippen LogP contribution in [0.3, 0.4) is 0 Å². The Morgan fingerprint density at radius 2 is 1.05 bits per heavy atom. The summed E-state index contributed by atoms with van der Waals surface area (Å²) in [5, 5.41) is 9.95. The zero-order valence-corrected chi connectivity index (χ0v) is 20.6. The minimum Gasteiger partial charge on any atom is -0.270 e. The van der Waals surface area contributed by atoms with E-state index in [0.717, 1.165) is 26.1 Å². The Labute approximate surface area is 222 Å². The molecule has 0 atom stereocenters. The number of aromatic nitrogens is 5. The molecule has 39 heavy (non-hydrogen) atoms. The van der Waals surface area contributed by atoms with Crippen LogP contribution in [0.25, 0.3) is 44.5 Å². The second-order valence-electron chi connectivity index (χ2n) is 8.85. The largest absolute Gasteiger partial charge is 0.365 e. The van der Waals surface area contributed by atoms with Crippen molar-refractivity contribution in [2.24, 2.45) is 0 Å². The van der Waals surface area contributed by atoms with Gasteiger partial charge in [-0.05, 0) is 6.07 Å². The summed E-state index contributed by atoms with van der Waals surface area (Å²) in [6, 6.07) is 34.9. The molecule has 0 aliphatic rings. The van der Waals surface area contributed by atoms with Crippen molar-refractivity contribution in [3.63, 3.8) is 0 Å². The first-order valence-corrected chi connectivity index (χ1v) is 12.3. The Morgan fingerprint density at radius 1 is 0.564 bits per heavy atom. The predicted molar refractivity (Wildman–Crippen MR) is 149 cm³/mol. The van der Waals surface area contributed by atoms with Gasteiger partial charge in [-0.2, -0.15) is 19.9 Å². The molecule has 0 spiro atoms. The maximum atomic E-state index is 13.5. The fourth-order valence-corrected chi connectivity index (χ4v) is 4.47. The highest BCUT2D eigenvalue weighted by Gasteiger charge is 2.20. The Kier molecular flexibility index (Phi) is 6.18. The van der Waals surface area contributed by atoms with E-state index in [0.29, 0.717) is 27.9 Å². The summed E-state index contributed by atoms with van der Waals surface area (Å²) in [4.78, 5) is 44.2. The second kappa shape index (κ2) is 10.1. The quantitative estimate of drug-likeness (QED) is 0.333. The first-order chi connectivity index (χ1) is 19.1. The van der Waals surface area contributed by atoms with Gasteiger partial charge >= 0.3 is 5.69 Å². The first kappa shape index (κ1) is 23.9. The molecule has 6 rings (SSSR count). The lowest BCUT2D eigenvalue weighted by Gasteiger charge is -2.13. The van der Waals surface area contributed by atoms with E-state index in [1.165, 1.54) is 0 Å². The van der Waals surface area contributed by atoms with Crippen molar-refractivity contribution in [2.45, 2.75) is 6.54 Å².